The monoisotopic (exact) mass is 432 g/mol. The average molecular weight is 433 g/mol. The first-order valence-corrected chi connectivity index (χ1v) is 12.0. The van der Waals surface area contributed by atoms with Crippen molar-refractivity contribution in [2.45, 2.75) is 42.2 Å². The van der Waals surface area contributed by atoms with E-state index in [1.807, 2.05) is 31.2 Å². The molecule has 2 amide bonds. The Morgan fingerprint density at radius 3 is 2.69 bits per heavy atom. The number of hydrogen-bond acceptors (Lipinski definition) is 5. The van der Waals surface area contributed by atoms with Crippen molar-refractivity contribution in [3.8, 4) is 0 Å². The number of carbonyl (C=O) groups excluding carboxylic acids is 2. The number of thioether (sulfide) groups is 1. The van der Waals surface area contributed by atoms with Crippen LogP contribution in [-0.2, 0) is 25.8 Å². The molecular formula is C21H24N2O4S2. The van der Waals surface area contributed by atoms with E-state index in [9.17, 15) is 18.0 Å². The van der Waals surface area contributed by atoms with Crippen LogP contribution in [0.5, 0.6) is 0 Å². The van der Waals surface area contributed by atoms with Gasteiger partial charge < -0.3 is 10.6 Å². The van der Waals surface area contributed by atoms with Crippen LogP contribution in [0, 0.1) is 5.92 Å². The van der Waals surface area contributed by atoms with Gasteiger partial charge in [-0.05, 0) is 43.2 Å². The number of carbonyl (C=O) groups is 2. The molecule has 0 spiro atoms. The van der Waals surface area contributed by atoms with Gasteiger partial charge in [0.05, 0.1) is 21.6 Å². The first-order valence-electron chi connectivity index (χ1n) is 9.44. The summed E-state index contributed by atoms with van der Waals surface area (Å²) in [6.07, 6.45) is 0.764. The fourth-order valence-electron chi connectivity index (χ4n) is 3.09. The Balaban J connectivity index is 1.74. The van der Waals surface area contributed by atoms with Crippen LogP contribution in [-0.4, -0.2) is 31.2 Å². The summed E-state index contributed by atoms with van der Waals surface area (Å²) in [6.45, 7) is 5.39. The molecular weight excluding hydrogens is 408 g/mol. The fraction of sp³-hybridized carbons (Fsp3) is 0.333. The molecule has 6 nitrogen and oxygen atoms in total. The van der Waals surface area contributed by atoms with Crippen LogP contribution < -0.4 is 10.6 Å². The third-order valence-electron chi connectivity index (χ3n) is 4.81. The lowest BCUT2D eigenvalue weighted by Gasteiger charge is -2.22. The van der Waals surface area contributed by atoms with E-state index in [2.05, 4.69) is 10.6 Å². The van der Waals surface area contributed by atoms with E-state index in [1.165, 1.54) is 23.9 Å². The van der Waals surface area contributed by atoms with Crippen LogP contribution in [0.1, 0.15) is 26.3 Å². The van der Waals surface area contributed by atoms with Crippen molar-refractivity contribution in [2.75, 3.05) is 16.4 Å². The summed E-state index contributed by atoms with van der Waals surface area (Å²) in [6, 6.07) is 12.2. The van der Waals surface area contributed by atoms with Crippen molar-refractivity contribution in [3.63, 3.8) is 0 Å². The van der Waals surface area contributed by atoms with E-state index >= 15 is 0 Å². The molecule has 2 unspecified atom stereocenters. The second-order valence-corrected chi connectivity index (χ2v) is 10.5. The number of nitrogens with one attached hydrogen (secondary N) is 2. The van der Waals surface area contributed by atoms with E-state index in [0.717, 1.165) is 16.9 Å². The zero-order chi connectivity index (χ0) is 21.2. The number of fused-ring (bicyclic) bond motifs is 1. The van der Waals surface area contributed by atoms with Gasteiger partial charge in [-0.3, -0.25) is 9.59 Å². The van der Waals surface area contributed by atoms with Gasteiger partial charge in [-0.15, -0.1) is 11.8 Å². The number of sulfone groups is 1. The summed E-state index contributed by atoms with van der Waals surface area (Å²) in [5, 5.41) is 5.35. The Kier molecular flexibility index (Phi) is 6.33. The first-order chi connectivity index (χ1) is 13.7. The molecule has 0 aliphatic carbocycles. The molecule has 0 bridgehead atoms. The molecule has 29 heavy (non-hydrogen) atoms. The number of para-hydroxylation sites is 1. The Labute approximate surface area is 175 Å². The van der Waals surface area contributed by atoms with Crippen LogP contribution in [0.15, 0.2) is 52.3 Å². The van der Waals surface area contributed by atoms with Crippen LogP contribution >= 0.6 is 11.8 Å². The normalized spacial score (nSPS) is 17.2. The maximum atomic E-state index is 12.9. The lowest BCUT2D eigenvalue weighted by atomic mass is 10.1. The molecule has 2 aromatic carbocycles. The predicted octanol–water partition coefficient (Wildman–Crippen LogP) is 3.73. The molecule has 0 saturated heterocycles. The number of aryl methyl sites for hydroxylation is 1. The molecule has 154 valence electrons. The van der Waals surface area contributed by atoms with Gasteiger partial charge in [-0.1, -0.05) is 32.0 Å². The van der Waals surface area contributed by atoms with Gasteiger partial charge in [0.25, 0.3) is 0 Å². The van der Waals surface area contributed by atoms with Gasteiger partial charge in [0, 0.05) is 16.5 Å². The number of rotatable bonds is 6. The lowest BCUT2D eigenvalue weighted by molar-refractivity contribution is -0.119. The predicted molar refractivity (Wildman–Crippen MR) is 116 cm³/mol. The molecule has 0 aromatic heterocycles. The van der Waals surface area contributed by atoms with Gasteiger partial charge in [-0.2, -0.15) is 0 Å². The van der Waals surface area contributed by atoms with Crippen LogP contribution in [0.25, 0.3) is 0 Å². The highest BCUT2D eigenvalue weighted by molar-refractivity contribution is 8.01. The van der Waals surface area contributed by atoms with Gasteiger partial charge >= 0.3 is 0 Å². The van der Waals surface area contributed by atoms with Crippen molar-refractivity contribution in [1.29, 1.82) is 0 Å². The average Bonchev–Trinajstić information content (AvgIpc) is 2.68. The minimum atomic E-state index is -3.70. The molecule has 8 heteroatoms. The quantitative estimate of drug-likeness (QED) is 0.726. The minimum Gasteiger partial charge on any atom is -0.326 e. The third kappa shape index (κ3) is 4.82. The van der Waals surface area contributed by atoms with E-state index in [-0.39, 0.29) is 27.7 Å². The van der Waals surface area contributed by atoms with Crippen molar-refractivity contribution >= 4 is 44.8 Å². The zero-order valence-electron chi connectivity index (χ0n) is 16.6. The number of hydrogen-bond donors (Lipinski definition) is 2. The smallest absolute Gasteiger partial charge is 0.237 e. The minimum absolute atomic E-state index is 0.0975. The standard InChI is InChI=1S/C21H24N2O4S2/c1-4-15-7-5-6-8-17(15)22-20(24)13(2)12-29(26,27)16-9-10-19-18(11-16)23-21(25)14(3)28-19/h5-11,13-14H,4,12H2,1-3H3,(H,22,24)(H,23,25). The second kappa shape index (κ2) is 8.59. The Morgan fingerprint density at radius 1 is 1.24 bits per heavy atom. The Morgan fingerprint density at radius 2 is 1.97 bits per heavy atom. The van der Waals surface area contributed by atoms with E-state index in [0.29, 0.717) is 11.4 Å². The topological polar surface area (TPSA) is 92.3 Å². The molecule has 1 aliphatic heterocycles. The molecule has 0 saturated carbocycles. The zero-order valence-corrected chi connectivity index (χ0v) is 18.2. The summed E-state index contributed by atoms with van der Waals surface area (Å²) in [5.74, 6) is -1.54. The van der Waals surface area contributed by atoms with Crippen molar-refractivity contribution in [3.05, 3.63) is 48.0 Å². The highest BCUT2D eigenvalue weighted by Crippen LogP contribution is 2.37. The SMILES string of the molecule is CCc1ccccc1NC(=O)C(C)CS(=O)(=O)c1ccc2c(c1)NC(=O)C(C)S2. The highest BCUT2D eigenvalue weighted by atomic mass is 32.2. The van der Waals surface area contributed by atoms with Crippen LogP contribution in [0.2, 0.25) is 0 Å². The number of amides is 2. The number of anilines is 2. The molecule has 2 N–H and O–H groups in total. The van der Waals surface area contributed by atoms with E-state index < -0.39 is 15.8 Å². The lowest BCUT2D eigenvalue weighted by Crippen LogP contribution is -2.28. The third-order valence-corrected chi connectivity index (χ3v) is 7.90. The van der Waals surface area contributed by atoms with Crippen molar-refractivity contribution in [2.24, 2.45) is 5.92 Å². The summed E-state index contributed by atoms with van der Waals surface area (Å²) < 4.78 is 25.7. The summed E-state index contributed by atoms with van der Waals surface area (Å²) in [5.41, 5.74) is 2.19. The maximum Gasteiger partial charge on any atom is 0.237 e. The van der Waals surface area contributed by atoms with Gasteiger partial charge in [0.15, 0.2) is 9.84 Å². The highest BCUT2D eigenvalue weighted by Gasteiger charge is 2.27. The Bertz CT molecular complexity index is 1050. The fourth-order valence-corrected chi connectivity index (χ4v) is 5.59. The molecule has 1 aliphatic rings. The first kappa shape index (κ1) is 21.4. The number of benzene rings is 2. The molecule has 2 atom stereocenters. The van der Waals surface area contributed by atoms with Gasteiger partial charge in [-0.25, -0.2) is 8.42 Å². The van der Waals surface area contributed by atoms with Gasteiger partial charge in [0.2, 0.25) is 11.8 Å². The van der Waals surface area contributed by atoms with Crippen LogP contribution in [0.4, 0.5) is 11.4 Å². The second-order valence-electron chi connectivity index (χ2n) is 7.09. The summed E-state index contributed by atoms with van der Waals surface area (Å²) in [7, 11) is -3.70. The van der Waals surface area contributed by atoms with E-state index in [1.54, 1.807) is 19.9 Å². The summed E-state index contributed by atoms with van der Waals surface area (Å²) in [4.78, 5) is 25.4. The molecule has 0 radical (unpaired) electrons. The largest absolute Gasteiger partial charge is 0.326 e. The van der Waals surface area contributed by atoms with Crippen molar-refractivity contribution < 1.29 is 18.0 Å². The maximum absolute atomic E-state index is 12.9. The molecule has 1 heterocycles. The summed E-state index contributed by atoms with van der Waals surface area (Å²) >= 11 is 1.39. The molecule has 0 fully saturated rings. The van der Waals surface area contributed by atoms with Crippen molar-refractivity contribution in [1.82, 2.24) is 0 Å². The van der Waals surface area contributed by atoms with Crippen LogP contribution in [0.3, 0.4) is 0 Å². The molecule has 2 aromatic rings. The Hall–Kier alpha value is -2.32. The molecule has 3 rings (SSSR count). The van der Waals surface area contributed by atoms with E-state index in [4.69, 9.17) is 0 Å². The van der Waals surface area contributed by atoms with Gasteiger partial charge in [0.1, 0.15) is 0 Å².